The van der Waals surface area contributed by atoms with Gasteiger partial charge in [-0.15, -0.1) is 0 Å². The lowest BCUT2D eigenvalue weighted by Gasteiger charge is -2.26. The molecule has 152 valence electrons. The maximum absolute atomic E-state index is 11.8. The summed E-state index contributed by atoms with van der Waals surface area (Å²) < 4.78 is 98.3. The summed E-state index contributed by atoms with van der Waals surface area (Å²) in [5, 5.41) is -0.146. The van der Waals surface area contributed by atoms with Crippen molar-refractivity contribution in [2.75, 3.05) is 5.75 Å². The molecule has 2 aromatic carbocycles. The molecule has 2 aromatic rings. The van der Waals surface area contributed by atoms with Gasteiger partial charge in [0.1, 0.15) is 4.90 Å². The van der Waals surface area contributed by atoms with Crippen molar-refractivity contribution in [1.29, 1.82) is 0 Å². The van der Waals surface area contributed by atoms with E-state index >= 15 is 0 Å². The lowest BCUT2D eigenvalue weighted by atomic mass is 9.79. The zero-order chi connectivity index (χ0) is 21.3. The van der Waals surface area contributed by atoms with Crippen LogP contribution >= 0.6 is 0 Å². The van der Waals surface area contributed by atoms with Crippen molar-refractivity contribution in [3.63, 3.8) is 0 Å². The fourth-order valence-electron chi connectivity index (χ4n) is 3.43. The second kappa shape index (κ2) is 6.05. The van der Waals surface area contributed by atoms with Gasteiger partial charge in [-0.25, -0.2) is 0 Å². The number of hydrogen-bond donors (Lipinski definition) is 3. The van der Waals surface area contributed by atoms with Crippen LogP contribution in [0.1, 0.15) is 19.4 Å². The lowest BCUT2D eigenvalue weighted by Crippen LogP contribution is -2.36. The SMILES string of the molecule is CC1=Nc2ccc3c(S(=O)(=O)O)cc(S(=O)(=O)O)cc3c2C1(C)CS(=O)(=O)O. The smallest absolute Gasteiger partial charge is 0.286 e. The van der Waals surface area contributed by atoms with Crippen molar-refractivity contribution in [3.8, 4) is 0 Å². The molecule has 28 heavy (non-hydrogen) atoms. The summed E-state index contributed by atoms with van der Waals surface area (Å²) in [6.45, 7) is 2.95. The van der Waals surface area contributed by atoms with Gasteiger partial charge in [-0.1, -0.05) is 6.07 Å². The molecule has 3 rings (SSSR count). The molecule has 0 bridgehead atoms. The highest BCUT2D eigenvalue weighted by molar-refractivity contribution is 7.87. The van der Waals surface area contributed by atoms with Crippen molar-refractivity contribution in [2.45, 2.75) is 29.1 Å². The molecule has 10 nitrogen and oxygen atoms in total. The van der Waals surface area contributed by atoms with Crippen LogP contribution in [0.25, 0.3) is 10.8 Å². The number of benzene rings is 2. The van der Waals surface area contributed by atoms with Crippen molar-refractivity contribution >= 4 is 52.5 Å². The van der Waals surface area contributed by atoms with Gasteiger partial charge in [0.05, 0.1) is 16.3 Å². The Labute approximate surface area is 161 Å². The van der Waals surface area contributed by atoms with E-state index in [1.165, 1.54) is 26.0 Å². The topological polar surface area (TPSA) is 175 Å². The van der Waals surface area contributed by atoms with E-state index in [0.717, 1.165) is 6.07 Å². The van der Waals surface area contributed by atoms with Crippen molar-refractivity contribution in [2.24, 2.45) is 4.99 Å². The quantitative estimate of drug-likeness (QED) is 0.585. The first-order valence-electron chi connectivity index (χ1n) is 7.61. The lowest BCUT2D eigenvalue weighted by molar-refractivity contribution is 0.472. The summed E-state index contributed by atoms with van der Waals surface area (Å²) >= 11 is 0. The third-order valence-corrected chi connectivity index (χ3v) is 7.40. The minimum atomic E-state index is -4.90. The van der Waals surface area contributed by atoms with E-state index in [-0.39, 0.29) is 22.0 Å². The van der Waals surface area contributed by atoms with Gasteiger partial charge < -0.3 is 0 Å². The van der Waals surface area contributed by atoms with Crippen LogP contribution in [0.2, 0.25) is 0 Å². The summed E-state index contributed by atoms with van der Waals surface area (Å²) in [5.41, 5.74) is -0.727. The normalized spacial score (nSPS) is 20.2. The molecule has 1 unspecified atom stereocenters. The van der Waals surface area contributed by atoms with Crippen LogP contribution in [0.3, 0.4) is 0 Å². The van der Waals surface area contributed by atoms with Crippen LogP contribution in [0.4, 0.5) is 5.69 Å². The molecule has 0 saturated heterocycles. The number of nitrogens with zero attached hydrogens (tertiary/aromatic N) is 1. The number of aliphatic imine (C=N–C) groups is 1. The van der Waals surface area contributed by atoms with Gasteiger partial charge in [-0.2, -0.15) is 25.3 Å². The molecule has 0 aromatic heterocycles. The summed E-state index contributed by atoms with van der Waals surface area (Å²) in [4.78, 5) is 2.66. The van der Waals surface area contributed by atoms with Gasteiger partial charge in [0.2, 0.25) is 0 Å². The third-order valence-electron chi connectivity index (χ3n) is 4.73. The highest BCUT2D eigenvalue weighted by Crippen LogP contribution is 2.46. The summed E-state index contributed by atoms with van der Waals surface area (Å²) in [6.07, 6.45) is 0. The molecular formula is C15H15NO9S3. The average molecular weight is 449 g/mol. The average Bonchev–Trinajstić information content (AvgIpc) is 2.73. The Morgan fingerprint density at radius 3 is 2.04 bits per heavy atom. The Balaban J connectivity index is 2.54. The Morgan fingerprint density at radius 2 is 1.54 bits per heavy atom. The second-order valence-electron chi connectivity index (χ2n) is 6.68. The van der Waals surface area contributed by atoms with Gasteiger partial charge in [0, 0.05) is 16.5 Å². The molecule has 0 aliphatic carbocycles. The standard InChI is InChI=1S/C15H15NO9S3/c1-8-15(2,7-26(17,18)19)14-11-5-9(27(20,21)22)6-13(28(23,24)25)10(11)3-4-12(14)16-8/h3-6H,7H2,1-2H3,(H,17,18,19)(H,20,21,22)(H,23,24,25). The molecule has 1 aliphatic rings. The highest BCUT2D eigenvalue weighted by Gasteiger charge is 2.42. The van der Waals surface area contributed by atoms with E-state index in [1.807, 2.05) is 0 Å². The van der Waals surface area contributed by atoms with Crippen LogP contribution in [0.5, 0.6) is 0 Å². The predicted octanol–water partition coefficient (Wildman–Crippen LogP) is 1.58. The van der Waals surface area contributed by atoms with Crippen LogP contribution in [-0.2, 0) is 35.8 Å². The van der Waals surface area contributed by atoms with Gasteiger partial charge in [0.25, 0.3) is 30.4 Å². The summed E-state index contributed by atoms with van der Waals surface area (Å²) in [5.74, 6) is -0.793. The van der Waals surface area contributed by atoms with Gasteiger partial charge in [-0.3, -0.25) is 18.7 Å². The maximum Gasteiger partial charge on any atom is 0.295 e. The molecule has 0 radical (unpaired) electrons. The van der Waals surface area contributed by atoms with Crippen molar-refractivity contribution in [1.82, 2.24) is 0 Å². The van der Waals surface area contributed by atoms with Crippen LogP contribution in [0, 0.1) is 0 Å². The fraction of sp³-hybridized carbons (Fsp3) is 0.267. The monoisotopic (exact) mass is 449 g/mol. The number of rotatable bonds is 4. The molecule has 0 spiro atoms. The second-order valence-corrected chi connectivity index (χ2v) is 10.9. The number of hydrogen-bond acceptors (Lipinski definition) is 7. The Morgan fingerprint density at radius 1 is 0.929 bits per heavy atom. The van der Waals surface area contributed by atoms with Gasteiger partial charge in [-0.05, 0) is 43.0 Å². The first kappa shape index (κ1) is 20.8. The van der Waals surface area contributed by atoms with E-state index in [2.05, 4.69) is 4.99 Å². The third kappa shape index (κ3) is 3.44. The number of fused-ring (bicyclic) bond motifs is 3. The molecule has 3 N–H and O–H groups in total. The molecule has 13 heteroatoms. The van der Waals surface area contributed by atoms with E-state index in [4.69, 9.17) is 0 Å². The highest BCUT2D eigenvalue weighted by atomic mass is 32.2. The summed E-state index contributed by atoms with van der Waals surface area (Å²) in [6, 6.07) is 4.23. The predicted molar refractivity (Wildman–Crippen MR) is 100 cm³/mol. The Hall–Kier alpha value is -1.90. The fourth-order valence-corrected chi connectivity index (χ4v) is 5.85. The first-order valence-corrected chi connectivity index (χ1v) is 12.1. The molecular weight excluding hydrogens is 434 g/mol. The minimum absolute atomic E-state index is 0.0491. The molecule has 0 fully saturated rings. The largest absolute Gasteiger partial charge is 0.295 e. The van der Waals surface area contributed by atoms with Crippen molar-refractivity contribution < 1.29 is 38.9 Å². The van der Waals surface area contributed by atoms with E-state index < -0.39 is 51.3 Å². The van der Waals surface area contributed by atoms with E-state index in [0.29, 0.717) is 11.8 Å². The molecule has 1 atom stereocenters. The zero-order valence-electron chi connectivity index (χ0n) is 14.5. The van der Waals surface area contributed by atoms with Crippen LogP contribution < -0.4 is 0 Å². The zero-order valence-corrected chi connectivity index (χ0v) is 16.9. The maximum atomic E-state index is 11.8. The van der Waals surface area contributed by atoms with Gasteiger partial charge >= 0.3 is 0 Å². The van der Waals surface area contributed by atoms with Gasteiger partial charge in [0.15, 0.2) is 0 Å². The molecule has 1 aliphatic heterocycles. The van der Waals surface area contributed by atoms with E-state index in [9.17, 15) is 38.9 Å². The summed E-state index contributed by atoms with van der Waals surface area (Å²) in [7, 11) is -14.3. The van der Waals surface area contributed by atoms with E-state index in [1.54, 1.807) is 0 Å². The Bertz CT molecular complexity index is 1370. The Kier molecular flexibility index (Phi) is 4.50. The first-order chi connectivity index (χ1) is 12.5. The molecule has 1 heterocycles. The van der Waals surface area contributed by atoms with Crippen molar-refractivity contribution in [3.05, 3.63) is 29.8 Å². The van der Waals surface area contributed by atoms with Crippen LogP contribution in [0.15, 0.2) is 39.0 Å². The minimum Gasteiger partial charge on any atom is -0.286 e. The molecule has 0 amide bonds. The van der Waals surface area contributed by atoms with Crippen LogP contribution in [-0.4, -0.2) is 50.4 Å². The molecule has 0 saturated carbocycles.